The predicted molar refractivity (Wildman–Crippen MR) is 62.3 cm³/mol. The molecular weight excluding hydrogens is 204 g/mol. The summed E-state index contributed by atoms with van der Waals surface area (Å²) in [7, 11) is 1.66. The van der Waals surface area contributed by atoms with Gasteiger partial charge in [-0.25, -0.2) is 0 Å². The van der Waals surface area contributed by atoms with Crippen LogP contribution in [0.5, 0.6) is 5.75 Å². The third-order valence-corrected chi connectivity index (χ3v) is 2.50. The van der Waals surface area contributed by atoms with Gasteiger partial charge in [-0.3, -0.25) is 0 Å². The molecule has 0 unspecified atom stereocenters. The highest BCUT2D eigenvalue weighted by molar-refractivity contribution is 5.67. The van der Waals surface area contributed by atoms with Crippen LogP contribution in [0.1, 0.15) is 12.5 Å². The van der Waals surface area contributed by atoms with E-state index in [-0.39, 0.29) is 0 Å². The summed E-state index contributed by atoms with van der Waals surface area (Å²) >= 11 is 0. The molecule has 0 saturated heterocycles. The van der Waals surface area contributed by atoms with Gasteiger partial charge in [0.05, 0.1) is 7.11 Å². The molecule has 4 nitrogen and oxygen atoms in total. The zero-order chi connectivity index (χ0) is 11.5. The lowest BCUT2D eigenvalue weighted by Crippen LogP contribution is -1.93. The molecule has 2 N–H and O–H groups in total. The number of benzene rings is 1. The highest BCUT2D eigenvalue weighted by Gasteiger charge is 2.12. The number of nitrogens with zero attached hydrogens (tertiary/aromatic N) is 1. The van der Waals surface area contributed by atoms with Gasteiger partial charge in [-0.15, -0.1) is 0 Å². The van der Waals surface area contributed by atoms with Crippen molar-refractivity contribution < 1.29 is 9.26 Å². The Labute approximate surface area is 94.0 Å². The Morgan fingerprint density at radius 1 is 1.44 bits per heavy atom. The lowest BCUT2D eigenvalue weighted by atomic mass is 10.0. The van der Waals surface area contributed by atoms with Gasteiger partial charge in [-0.05, 0) is 12.5 Å². The first-order chi connectivity index (χ1) is 7.76. The molecule has 0 aliphatic heterocycles. The zero-order valence-electron chi connectivity index (χ0n) is 9.36. The topological polar surface area (TPSA) is 61.3 Å². The van der Waals surface area contributed by atoms with Crippen LogP contribution in [-0.4, -0.2) is 12.3 Å². The number of hydrogen-bond donors (Lipinski definition) is 1. The van der Waals surface area contributed by atoms with Gasteiger partial charge in [0.2, 0.25) is 0 Å². The van der Waals surface area contributed by atoms with Gasteiger partial charge in [0.25, 0.3) is 0 Å². The van der Waals surface area contributed by atoms with E-state index in [2.05, 4.69) is 12.1 Å². The number of anilines is 1. The van der Waals surface area contributed by atoms with Gasteiger partial charge in [-0.1, -0.05) is 24.2 Å². The average molecular weight is 218 g/mol. The van der Waals surface area contributed by atoms with Crippen molar-refractivity contribution >= 4 is 5.82 Å². The van der Waals surface area contributed by atoms with E-state index in [1.807, 2.05) is 18.2 Å². The first-order valence-corrected chi connectivity index (χ1v) is 5.14. The second-order valence-electron chi connectivity index (χ2n) is 3.46. The van der Waals surface area contributed by atoms with Gasteiger partial charge in [0, 0.05) is 17.2 Å². The van der Waals surface area contributed by atoms with E-state index < -0.39 is 0 Å². The molecule has 0 bridgehead atoms. The maximum atomic E-state index is 5.54. The smallest absolute Gasteiger partial charge is 0.169 e. The molecule has 0 aliphatic rings. The number of aromatic nitrogens is 1. The number of nitrogen functional groups attached to an aromatic ring is 1. The minimum atomic E-state index is 0.389. The summed E-state index contributed by atoms with van der Waals surface area (Å²) in [5.41, 5.74) is 7.62. The number of nitrogens with two attached hydrogens (primary N) is 1. The molecule has 0 radical (unpaired) electrons. The summed E-state index contributed by atoms with van der Waals surface area (Å²) in [6, 6.07) is 7.54. The van der Waals surface area contributed by atoms with Crippen molar-refractivity contribution in [3.8, 4) is 17.1 Å². The monoisotopic (exact) mass is 218 g/mol. The Morgan fingerprint density at radius 2 is 2.25 bits per heavy atom. The molecule has 0 fully saturated rings. The molecule has 0 aliphatic carbocycles. The van der Waals surface area contributed by atoms with Gasteiger partial charge in [0.15, 0.2) is 11.6 Å². The Morgan fingerprint density at radius 3 is 2.81 bits per heavy atom. The van der Waals surface area contributed by atoms with Crippen LogP contribution in [0.2, 0.25) is 0 Å². The lowest BCUT2D eigenvalue weighted by Gasteiger charge is -2.09. The van der Waals surface area contributed by atoms with Crippen LogP contribution < -0.4 is 10.5 Å². The fraction of sp³-hybridized carbons (Fsp3) is 0.250. The van der Waals surface area contributed by atoms with Gasteiger partial charge in [-0.2, -0.15) is 0 Å². The van der Waals surface area contributed by atoms with Crippen LogP contribution in [0.4, 0.5) is 5.82 Å². The SMILES string of the molecule is CCc1c(OC)cccc1-c1cc(N)no1. The predicted octanol–water partition coefficient (Wildman–Crippen LogP) is 2.49. The Balaban J connectivity index is 2.56. The molecule has 4 heteroatoms. The zero-order valence-corrected chi connectivity index (χ0v) is 9.36. The van der Waals surface area contributed by atoms with Crippen molar-refractivity contribution in [1.29, 1.82) is 0 Å². The van der Waals surface area contributed by atoms with Crippen LogP contribution in [-0.2, 0) is 6.42 Å². The Bertz CT molecular complexity index is 492. The third kappa shape index (κ3) is 1.74. The standard InChI is InChI=1S/C12H14N2O2/c1-3-8-9(5-4-6-10(8)15-2)11-7-12(13)14-16-11/h4-7H,3H2,1-2H3,(H2,13,14). The van der Waals surface area contributed by atoms with E-state index in [0.717, 1.165) is 23.3 Å². The van der Waals surface area contributed by atoms with Crippen molar-refractivity contribution in [2.75, 3.05) is 12.8 Å². The molecule has 0 atom stereocenters. The second kappa shape index (κ2) is 4.26. The highest BCUT2D eigenvalue weighted by atomic mass is 16.5. The van der Waals surface area contributed by atoms with Crippen LogP contribution in [0.3, 0.4) is 0 Å². The molecule has 1 aromatic carbocycles. The molecule has 16 heavy (non-hydrogen) atoms. The second-order valence-corrected chi connectivity index (χ2v) is 3.46. The molecule has 1 heterocycles. The van der Waals surface area contributed by atoms with E-state index in [9.17, 15) is 0 Å². The van der Waals surface area contributed by atoms with Crippen molar-refractivity contribution in [3.63, 3.8) is 0 Å². The molecule has 0 amide bonds. The van der Waals surface area contributed by atoms with Gasteiger partial charge < -0.3 is 15.0 Å². The fourth-order valence-electron chi connectivity index (χ4n) is 1.77. The molecule has 0 spiro atoms. The van der Waals surface area contributed by atoms with Crippen molar-refractivity contribution in [2.24, 2.45) is 0 Å². The molecule has 2 aromatic rings. The molecule has 2 rings (SSSR count). The normalized spacial score (nSPS) is 10.4. The van der Waals surface area contributed by atoms with E-state index in [4.69, 9.17) is 15.0 Å². The van der Waals surface area contributed by atoms with Crippen LogP contribution in [0, 0.1) is 0 Å². The maximum Gasteiger partial charge on any atom is 0.169 e. The summed E-state index contributed by atoms with van der Waals surface area (Å²) < 4.78 is 10.5. The summed E-state index contributed by atoms with van der Waals surface area (Å²) in [5, 5.41) is 3.69. The Kier molecular flexibility index (Phi) is 2.81. The molecule has 84 valence electrons. The number of ether oxygens (including phenoxy) is 1. The average Bonchev–Trinajstić information content (AvgIpc) is 2.74. The molecular formula is C12H14N2O2. The molecule has 0 saturated carbocycles. The van der Waals surface area contributed by atoms with Gasteiger partial charge >= 0.3 is 0 Å². The van der Waals surface area contributed by atoms with Crippen molar-refractivity contribution in [2.45, 2.75) is 13.3 Å². The number of rotatable bonds is 3. The minimum absolute atomic E-state index is 0.389. The summed E-state index contributed by atoms with van der Waals surface area (Å²) in [4.78, 5) is 0. The highest BCUT2D eigenvalue weighted by Crippen LogP contribution is 2.31. The van der Waals surface area contributed by atoms with E-state index in [1.165, 1.54) is 0 Å². The van der Waals surface area contributed by atoms with Gasteiger partial charge in [0.1, 0.15) is 5.75 Å². The number of methoxy groups -OCH3 is 1. The first kappa shape index (κ1) is 10.5. The quantitative estimate of drug-likeness (QED) is 0.859. The van der Waals surface area contributed by atoms with Crippen LogP contribution in [0.25, 0.3) is 11.3 Å². The summed E-state index contributed by atoms with van der Waals surface area (Å²) in [5.74, 6) is 1.92. The lowest BCUT2D eigenvalue weighted by molar-refractivity contribution is 0.408. The fourth-order valence-corrected chi connectivity index (χ4v) is 1.77. The minimum Gasteiger partial charge on any atom is -0.496 e. The van der Waals surface area contributed by atoms with Crippen LogP contribution in [0.15, 0.2) is 28.8 Å². The van der Waals surface area contributed by atoms with E-state index in [0.29, 0.717) is 11.6 Å². The third-order valence-electron chi connectivity index (χ3n) is 2.50. The Hall–Kier alpha value is -1.97. The summed E-state index contributed by atoms with van der Waals surface area (Å²) in [6.45, 7) is 2.07. The number of hydrogen-bond acceptors (Lipinski definition) is 4. The van der Waals surface area contributed by atoms with Crippen LogP contribution >= 0.6 is 0 Å². The van der Waals surface area contributed by atoms with Crippen molar-refractivity contribution in [3.05, 3.63) is 29.8 Å². The van der Waals surface area contributed by atoms with E-state index in [1.54, 1.807) is 13.2 Å². The summed E-state index contributed by atoms with van der Waals surface area (Å²) in [6.07, 6.45) is 0.861. The van der Waals surface area contributed by atoms with Crippen molar-refractivity contribution in [1.82, 2.24) is 5.16 Å². The maximum absolute atomic E-state index is 5.54. The van der Waals surface area contributed by atoms with E-state index >= 15 is 0 Å². The molecule has 1 aromatic heterocycles. The first-order valence-electron chi connectivity index (χ1n) is 5.14. The largest absolute Gasteiger partial charge is 0.496 e.